The molecule has 1 heterocycles. The summed E-state index contributed by atoms with van der Waals surface area (Å²) in [7, 11) is 3.15. The van der Waals surface area contributed by atoms with Gasteiger partial charge in [-0.15, -0.1) is 0 Å². The van der Waals surface area contributed by atoms with Crippen molar-refractivity contribution in [3.8, 4) is 11.5 Å². The standard InChI is InChI=1S/C25H23ClN2O3/c1-30-20-11-12-22(24(14-20)31-2)27-25(29)13-18-16-28(23-6-4-3-5-21(18)23)15-17-7-9-19(26)10-8-17/h3-12,14,16H,13,15H2,1-2H3,(H,27,29). The number of hydrogen-bond donors (Lipinski definition) is 1. The van der Waals surface area contributed by atoms with Crippen molar-refractivity contribution in [2.24, 2.45) is 0 Å². The molecule has 1 aromatic heterocycles. The summed E-state index contributed by atoms with van der Waals surface area (Å²) in [6.45, 7) is 0.700. The van der Waals surface area contributed by atoms with Gasteiger partial charge in [-0.3, -0.25) is 4.79 Å². The Morgan fingerprint density at radius 2 is 1.77 bits per heavy atom. The second-order valence-corrected chi connectivity index (χ2v) is 7.65. The first kappa shape index (κ1) is 20.8. The van der Waals surface area contributed by atoms with Crippen LogP contribution in [0.4, 0.5) is 5.69 Å². The Morgan fingerprint density at radius 3 is 2.52 bits per heavy atom. The summed E-state index contributed by atoms with van der Waals surface area (Å²) < 4.78 is 12.8. The molecule has 0 aliphatic carbocycles. The van der Waals surface area contributed by atoms with Crippen LogP contribution in [-0.2, 0) is 17.8 Å². The molecule has 0 atom stereocenters. The molecule has 0 radical (unpaired) electrons. The number of methoxy groups -OCH3 is 2. The Kier molecular flexibility index (Phi) is 6.14. The first-order valence-corrected chi connectivity index (χ1v) is 10.3. The third kappa shape index (κ3) is 4.67. The van der Waals surface area contributed by atoms with E-state index in [-0.39, 0.29) is 12.3 Å². The van der Waals surface area contributed by atoms with Crippen molar-refractivity contribution in [2.75, 3.05) is 19.5 Å². The summed E-state index contributed by atoms with van der Waals surface area (Å²) in [5.74, 6) is 1.11. The summed E-state index contributed by atoms with van der Waals surface area (Å²) in [5, 5.41) is 4.73. The first-order valence-electron chi connectivity index (χ1n) is 9.90. The van der Waals surface area contributed by atoms with Crippen LogP contribution in [0.15, 0.2) is 72.9 Å². The topological polar surface area (TPSA) is 52.5 Å². The Bertz CT molecular complexity index is 1220. The van der Waals surface area contributed by atoms with Gasteiger partial charge in [0.2, 0.25) is 5.91 Å². The second-order valence-electron chi connectivity index (χ2n) is 7.22. The number of nitrogens with zero attached hydrogens (tertiary/aromatic N) is 1. The van der Waals surface area contributed by atoms with Gasteiger partial charge in [0.1, 0.15) is 11.5 Å². The fourth-order valence-corrected chi connectivity index (χ4v) is 3.78. The number of ether oxygens (including phenoxy) is 2. The van der Waals surface area contributed by atoms with Gasteiger partial charge in [0, 0.05) is 34.7 Å². The van der Waals surface area contributed by atoms with Crippen molar-refractivity contribution in [1.82, 2.24) is 4.57 Å². The number of amides is 1. The predicted molar refractivity (Wildman–Crippen MR) is 124 cm³/mol. The Balaban J connectivity index is 1.57. The Labute approximate surface area is 186 Å². The van der Waals surface area contributed by atoms with Gasteiger partial charge >= 0.3 is 0 Å². The Morgan fingerprint density at radius 1 is 1.00 bits per heavy atom. The zero-order chi connectivity index (χ0) is 21.8. The highest BCUT2D eigenvalue weighted by Crippen LogP contribution is 2.30. The summed E-state index contributed by atoms with van der Waals surface area (Å²) in [5.41, 5.74) is 3.80. The molecule has 0 aliphatic heterocycles. The van der Waals surface area contributed by atoms with Crippen molar-refractivity contribution in [3.05, 3.63) is 89.1 Å². The van der Waals surface area contributed by atoms with E-state index in [1.165, 1.54) is 0 Å². The SMILES string of the molecule is COc1ccc(NC(=O)Cc2cn(Cc3ccc(Cl)cc3)c3ccccc23)c(OC)c1. The third-order valence-corrected chi connectivity index (χ3v) is 5.42. The fraction of sp³-hybridized carbons (Fsp3) is 0.160. The minimum atomic E-state index is -0.113. The van der Waals surface area contributed by atoms with Gasteiger partial charge < -0.3 is 19.4 Å². The third-order valence-electron chi connectivity index (χ3n) is 5.17. The molecule has 0 spiro atoms. The van der Waals surface area contributed by atoms with Gasteiger partial charge in [-0.2, -0.15) is 0 Å². The number of hydrogen-bond acceptors (Lipinski definition) is 3. The van der Waals surface area contributed by atoms with Crippen LogP contribution in [0.1, 0.15) is 11.1 Å². The van der Waals surface area contributed by atoms with Gasteiger partial charge in [-0.1, -0.05) is 41.9 Å². The first-order chi connectivity index (χ1) is 15.1. The summed E-state index contributed by atoms with van der Waals surface area (Å²) >= 11 is 6.01. The maximum Gasteiger partial charge on any atom is 0.228 e. The number of rotatable bonds is 7. The average Bonchev–Trinajstić information content (AvgIpc) is 3.12. The number of fused-ring (bicyclic) bond motifs is 1. The molecule has 4 rings (SSSR count). The molecule has 5 nitrogen and oxygen atoms in total. The van der Waals surface area contributed by atoms with E-state index < -0.39 is 0 Å². The van der Waals surface area contributed by atoms with E-state index in [9.17, 15) is 4.79 Å². The molecule has 3 aromatic carbocycles. The highest BCUT2D eigenvalue weighted by Gasteiger charge is 2.14. The minimum absolute atomic E-state index is 0.113. The van der Waals surface area contributed by atoms with Crippen molar-refractivity contribution < 1.29 is 14.3 Å². The number of aromatic nitrogens is 1. The molecule has 0 saturated carbocycles. The number of carbonyl (C=O) groups excluding carboxylic acids is 1. The van der Waals surface area contributed by atoms with Gasteiger partial charge in [0.15, 0.2) is 0 Å². The highest BCUT2D eigenvalue weighted by atomic mass is 35.5. The average molecular weight is 435 g/mol. The number of carbonyl (C=O) groups is 1. The van der Waals surface area contributed by atoms with Crippen LogP contribution in [0.3, 0.4) is 0 Å². The molecule has 6 heteroatoms. The van der Waals surface area contributed by atoms with Crippen molar-refractivity contribution in [2.45, 2.75) is 13.0 Å². The fourth-order valence-electron chi connectivity index (χ4n) is 3.65. The molecule has 0 bridgehead atoms. The summed E-state index contributed by atoms with van der Waals surface area (Å²) in [6, 6.07) is 21.2. The van der Waals surface area contributed by atoms with E-state index >= 15 is 0 Å². The summed E-state index contributed by atoms with van der Waals surface area (Å²) in [6.07, 6.45) is 2.30. The van der Waals surface area contributed by atoms with E-state index in [2.05, 4.69) is 16.0 Å². The lowest BCUT2D eigenvalue weighted by Gasteiger charge is -2.11. The maximum atomic E-state index is 12.8. The molecule has 1 amide bonds. The molecule has 0 fully saturated rings. The lowest BCUT2D eigenvalue weighted by atomic mass is 10.1. The van der Waals surface area contributed by atoms with E-state index in [0.717, 1.165) is 22.0 Å². The predicted octanol–water partition coefficient (Wildman–Crippen LogP) is 5.54. The summed E-state index contributed by atoms with van der Waals surface area (Å²) in [4.78, 5) is 12.8. The van der Waals surface area contributed by atoms with Gasteiger partial charge in [0.25, 0.3) is 0 Å². The molecule has 4 aromatic rings. The number of anilines is 1. The molecular formula is C25H23ClN2O3. The normalized spacial score (nSPS) is 10.8. The van der Waals surface area contributed by atoms with Crippen LogP contribution in [0.25, 0.3) is 10.9 Å². The number of benzene rings is 3. The van der Waals surface area contributed by atoms with Gasteiger partial charge in [0.05, 0.1) is 26.3 Å². The van der Waals surface area contributed by atoms with Crippen molar-refractivity contribution >= 4 is 34.1 Å². The maximum absolute atomic E-state index is 12.8. The van der Waals surface area contributed by atoms with Crippen LogP contribution in [0, 0.1) is 0 Å². The smallest absolute Gasteiger partial charge is 0.228 e. The second kappa shape index (κ2) is 9.14. The van der Waals surface area contributed by atoms with Gasteiger partial charge in [-0.05, 0) is 41.5 Å². The molecule has 0 unspecified atom stereocenters. The zero-order valence-corrected chi connectivity index (χ0v) is 18.1. The number of para-hydroxylation sites is 1. The highest BCUT2D eigenvalue weighted by molar-refractivity contribution is 6.30. The molecule has 31 heavy (non-hydrogen) atoms. The largest absolute Gasteiger partial charge is 0.497 e. The number of halogens is 1. The lowest BCUT2D eigenvalue weighted by Crippen LogP contribution is -2.15. The quantitative estimate of drug-likeness (QED) is 0.415. The molecular weight excluding hydrogens is 412 g/mol. The molecule has 1 N–H and O–H groups in total. The van der Waals surface area contributed by atoms with Crippen molar-refractivity contribution in [1.29, 1.82) is 0 Å². The van der Waals surface area contributed by atoms with E-state index in [1.54, 1.807) is 32.4 Å². The van der Waals surface area contributed by atoms with Crippen LogP contribution >= 0.6 is 11.6 Å². The molecule has 0 saturated heterocycles. The number of nitrogens with one attached hydrogen (secondary N) is 1. The van der Waals surface area contributed by atoms with E-state index in [0.29, 0.717) is 28.8 Å². The van der Waals surface area contributed by atoms with Crippen LogP contribution in [-0.4, -0.2) is 24.7 Å². The zero-order valence-electron chi connectivity index (χ0n) is 17.4. The van der Waals surface area contributed by atoms with E-state index in [4.69, 9.17) is 21.1 Å². The molecule has 0 aliphatic rings. The monoisotopic (exact) mass is 434 g/mol. The Hall–Kier alpha value is -3.44. The molecule has 158 valence electrons. The van der Waals surface area contributed by atoms with Crippen LogP contribution < -0.4 is 14.8 Å². The minimum Gasteiger partial charge on any atom is -0.497 e. The van der Waals surface area contributed by atoms with E-state index in [1.807, 2.05) is 48.7 Å². The van der Waals surface area contributed by atoms with Crippen LogP contribution in [0.5, 0.6) is 11.5 Å². The van der Waals surface area contributed by atoms with Gasteiger partial charge in [-0.25, -0.2) is 0 Å². The van der Waals surface area contributed by atoms with Crippen molar-refractivity contribution in [3.63, 3.8) is 0 Å². The lowest BCUT2D eigenvalue weighted by molar-refractivity contribution is -0.115. The van der Waals surface area contributed by atoms with Crippen LogP contribution in [0.2, 0.25) is 5.02 Å².